The number of nitrogens with zero attached hydrogens (tertiary/aromatic N) is 1. The van der Waals surface area contributed by atoms with Gasteiger partial charge in [0.2, 0.25) is 10.0 Å². The molecular weight excluding hydrogens is 328 g/mol. The number of hydrogen-bond acceptors (Lipinski definition) is 4. The summed E-state index contributed by atoms with van der Waals surface area (Å²) in [6, 6.07) is 6.31. The number of sulfonamides is 1. The van der Waals surface area contributed by atoms with Crippen LogP contribution < -0.4 is 4.72 Å². The van der Waals surface area contributed by atoms with Crippen LogP contribution in [0, 0.1) is 0 Å². The predicted octanol–water partition coefficient (Wildman–Crippen LogP) is 1.77. The van der Waals surface area contributed by atoms with Gasteiger partial charge in [-0.25, -0.2) is 13.1 Å². The number of carbonyl (C=O) groups is 1. The molecule has 1 N–H and O–H groups in total. The molecule has 24 heavy (non-hydrogen) atoms. The normalized spacial score (nSPS) is 22.7. The average molecular weight is 352 g/mol. The third kappa shape index (κ3) is 3.96. The second-order valence-electron chi connectivity index (χ2n) is 6.56. The van der Waals surface area contributed by atoms with Crippen molar-refractivity contribution in [3.05, 3.63) is 29.8 Å². The van der Waals surface area contributed by atoms with E-state index in [1.54, 1.807) is 17.0 Å². The molecule has 0 aromatic heterocycles. The Hall–Kier alpha value is -1.44. The predicted molar refractivity (Wildman–Crippen MR) is 90.3 cm³/mol. The van der Waals surface area contributed by atoms with E-state index < -0.39 is 10.0 Å². The number of hydrogen-bond donors (Lipinski definition) is 1. The first-order valence-corrected chi connectivity index (χ1v) is 9.97. The summed E-state index contributed by atoms with van der Waals surface area (Å²) in [6.45, 7) is 3.48. The molecule has 1 saturated carbocycles. The highest BCUT2D eigenvalue weighted by molar-refractivity contribution is 7.89. The van der Waals surface area contributed by atoms with Crippen molar-refractivity contribution in [3.8, 4) is 0 Å². The third-order valence-electron chi connectivity index (χ3n) is 4.60. The van der Waals surface area contributed by atoms with E-state index in [9.17, 15) is 13.2 Å². The summed E-state index contributed by atoms with van der Waals surface area (Å²) in [5.41, 5.74) is 0.401. The lowest BCUT2D eigenvalue weighted by Crippen LogP contribution is -2.44. The van der Waals surface area contributed by atoms with Crippen molar-refractivity contribution in [2.45, 2.75) is 49.6 Å². The van der Waals surface area contributed by atoms with Crippen LogP contribution in [-0.4, -0.2) is 51.1 Å². The van der Waals surface area contributed by atoms with Crippen LogP contribution >= 0.6 is 0 Å². The molecule has 0 spiro atoms. The molecular formula is C17H24N2O4S. The molecule has 1 aliphatic carbocycles. The van der Waals surface area contributed by atoms with Crippen LogP contribution in [0.15, 0.2) is 29.2 Å². The molecule has 2 fully saturated rings. The van der Waals surface area contributed by atoms with Crippen LogP contribution in [0.5, 0.6) is 0 Å². The summed E-state index contributed by atoms with van der Waals surface area (Å²) in [6.07, 6.45) is 3.87. The molecule has 1 aliphatic heterocycles. The maximum absolute atomic E-state index is 12.6. The largest absolute Gasteiger partial charge is 0.375 e. The topological polar surface area (TPSA) is 75.7 Å². The third-order valence-corrected chi connectivity index (χ3v) is 6.11. The van der Waals surface area contributed by atoms with Crippen molar-refractivity contribution in [2.24, 2.45) is 0 Å². The van der Waals surface area contributed by atoms with Gasteiger partial charge in [0, 0.05) is 24.7 Å². The molecule has 1 saturated heterocycles. The standard InChI is InChI=1S/C17H24N2O4S/c1-13-12-19(9-10-23-13)17(20)14-5-4-8-16(11-14)24(21,22)18-15-6-2-3-7-15/h4-5,8,11,13,15,18H,2-3,6-7,9-10,12H2,1H3. The smallest absolute Gasteiger partial charge is 0.254 e. The Morgan fingerprint density at radius 1 is 1.29 bits per heavy atom. The fourth-order valence-corrected chi connectivity index (χ4v) is 4.66. The first-order chi connectivity index (χ1) is 11.5. The zero-order valence-corrected chi connectivity index (χ0v) is 14.7. The number of ether oxygens (including phenoxy) is 1. The van der Waals surface area contributed by atoms with Crippen LogP contribution in [0.4, 0.5) is 0 Å². The number of morpholine rings is 1. The van der Waals surface area contributed by atoms with Crippen LogP contribution in [0.3, 0.4) is 0 Å². The van der Waals surface area contributed by atoms with Gasteiger partial charge >= 0.3 is 0 Å². The number of nitrogens with one attached hydrogen (secondary N) is 1. The molecule has 1 aromatic rings. The average Bonchev–Trinajstić information content (AvgIpc) is 3.06. The van der Waals surface area contributed by atoms with Gasteiger partial charge in [-0.2, -0.15) is 0 Å². The Labute approximate surface area is 143 Å². The number of carbonyl (C=O) groups excluding carboxylic acids is 1. The van der Waals surface area contributed by atoms with Gasteiger partial charge in [0.05, 0.1) is 17.6 Å². The van der Waals surface area contributed by atoms with E-state index in [0.717, 1.165) is 25.7 Å². The van der Waals surface area contributed by atoms with Crippen LogP contribution in [0.25, 0.3) is 0 Å². The second kappa shape index (κ2) is 7.21. The molecule has 0 bridgehead atoms. The van der Waals surface area contributed by atoms with E-state index in [1.165, 1.54) is 12.1 Å². The zero-order valence-electron chi connectivity index (χ0n) is 13.9. The van der Waals surface area contributed by atoms with E-state index in [-0.39, 0.29) is 22.9 Å². The maximum Gasteiger partial charge on any atom is 0.254 e. The lowest BCUT2D eigenvalue weighted by Gasteiger charge is -2.31. The zero-order chi connectivity index (χ0) is 17.2. The van der Waals surface area contributed by atoms with E-state index in [2.05, 4.69) is 4.72 Å². The van der Waals surface area contributed by atoms with Gasteiger partial charge < -0.3 is 9.64 Å². The fourth-order valence-electron chi connectivity index (χ4n) is 3.31. The maximum atomic E-state index is 12.6. The summed E-state index contributed by atoms with van der Waals surface area (Å²) in [5.74, 6) is -0.150. The van der Waals surface area contributed by atoms with Crippen molar-refractivity contribution in [2.75, 3.05) is 19.7 Å². The summed E-state index contributed by atoms with van der Waals surface area (Å²) in [4.78, 5) is 14.5. The van der Waals surface area contributed by atoms with Crippen molar-refractivity contribution in [3.63, 3.8) is 0 Å². The number of amides is 1. The van der Waals surface area contributed by atoms with Gasteiger partial charge in [0.25, 0.3) is 5.91 Å². The Morgan fingerprint density at radius 3 is 2.75 bits per heavy atom. The molecule has 1 unspecified atom stereocenters. The molecule has 1 amide bonds. The van der Waals surface area contributed by atoms with Crippen molar-refractivity contribution < 1.29 is 17.9 Å². The molecule has 0 radical (unpaired) electrons. The molecule has 1 aromatic carbocycles. The highest BCUT2D eigenvalue weighted by atomic mass is 32.2. The van der Waals surface area contributed by atoms with Crippen LogP contribution in [-0.2, 0) is 14.8 Å². The quantitative estimate of drug-likeness (QED) is 0.896. The lowest BCUT2D eigenvalue weighted by molar-refractivity contribution is -0.0124. The van der Waals surface area contributed by atoms with E-state index in [4.69, 9.17) is 4.74 Å². The summed E-state index contributed by atoms with van der Waals surface area (Å²) in [5, 5.41) is 0. The van der Waals surface area contributed by atoms with Gasteiger partial charge in [0.15, 0.2) is 0 Å². The fraction of sp³-hybridized carbons (Fsp3) is 0.588. The summed E-state index contributed by atoms with van der Waals surface area (Å²) < 4.78 is 33.3. The van der Waals surface area contributed by atoms with Crippen LogP contribution in [0.2, 0.25) is 0 Å². The molecule has 3 rings (SSSR count). The lowest BCUT2D eigenvalue weighted by atomic mass is 10.2. The first-order valence-electron chi connectivity index (χ1n) is 8.49. The van der Waals surface area contributed by atoms with Crippen LogP contribution in [0.1, 0.15) is 43.0 Å². The Bertz CT molecular complexity index is 698. The van der Waals surface area contributed by atoms with Crippen molar-refractivity contribution >= 4 is 15.9 Å². The second-order valence-corrected chi connectivity index (χ2v) is 8.28. The summed E-state index contributed by atoms with van der Waals surface area (Å²) >= 11 is 0. The Balaban J connectivity index is 1.76. The first kappa shape index (κ1) is 17.4. The highest BCUT2D eigenvalue weighted by Crippen LogP contribution is 2.21. The van der Waals surface area contributed by atoms with Crippen molar-refractivity contribution in [1.82, 2.24) is 9.62 Å². The van der Waals surface area contributed by atoms with Gasteiger partial charge in [-0.3, -0.25) is 4.79 Å². The minimum atomic E-state index is -3.59. The molecule has 7 heteroatoms. The molecule has 1 heterocycles. The molecule has 6 nitrogen and oxygen atoms in total. The minimum absolute atomic E-state index is 0.00125. The highest BCUT2D eigenvalue weighted by Gasteiger charge is 2.26. The Kier molecular flexibility index (Phi) is 5.22. The summed E-state index contributed by atoms with van der Waals surface area (Å²) in [7, 11) is -3.59. The van der Waals surface area contributed by atoms with Gasteiger partial charge in [-0.15, -0.1) is 0 Å². The van der Waals surface area contributed by atoms with Gasteiger partial charge in [-0.05, 0) is 38.0 Å². The molecule has 1 atom stereocenters. The SMILES string of the molecule is CC1CN(C(=O)c2cccc(S(=O)(=O)NC3CCCC3)c2)CCO1. The molecule has 2 aliphatic rings. The van der Waals surface area contributed by atoms with E-state index in [0.29, 0.717) is 25.3 Å². The van der Waals surface area contributed by atoms with Gasteiger partial charge in [-0.1, -0.05) is 18.9 Å². The van der Waals surface area contributed by atoms with Crippen molar-refractivity contribution in [1.29, 1.82) is 0 Å². The monoisotopic (exact) mass is 352 g/mol. The van der Waals surface area contributed by atoms with E-state index >= 15 is 0 Å². The van der Waals surface area contributed by atoms with Gasteiger partial charge in [0.1, 0.15) is 0 Å². The Morgan fingerprint density at radius 2 is 2.04 bits per heavy atom. The number of rotatable bonds is 4. The minimum Gasteiger partial charge on any atom is -0.375 e. The van der Waals surface area contributed by atoms with E-state index in [1.807, 2.05) is 6.92 Å². The number of benzene rings is 1. The molecule has 132 valence electrons.